The van der Waals surface area contributed by atoms with Crippen LogP contribution >= 0.6 is 0 Å². The van der Waals surface area contributed by atoms with Gasteiger partial charge in [0.05, 0.1) is 22.5 Å². The van der Waals surface area contributed by atoms with Crippen molar-refractivity contribution in [2.24, 2.45) is 11.3 Å². The van der Waals surface area contributed by atoms with E-state index < -0.39 is 29.9 Å². The molecule has 0 aromatic carbocycles. The molecule has 0 unspecified atom stereocenters. The molecule has 1 fully saturated rings. The van der Waals surface area contributed by atoms with E-state index in [0.717, 1.165) is 32.1 Å². The van der Waals surface area contributed by atoms with Gasteiger partial charge in [-0.1, -0.05) is 26.2 Å². The van der Waals surface area contributed by atoms with Crippen molar-refractivity contribution < 1.29 is 38.7 Å². The maximum Gasteiger partial charge on any atom is 0.334 e. The number of carboxylic acids is 2. The van der Waals surface area contributed by atoms with Gasteiger partial charge in [0.1, 0.15) is 0 Å². The third-order valence-electron chi connectivity index (χ3n) is 6.89. The lowest BCUT2D eigenvalue weighted by Gasteiger charge is -2.51. The number of methoxy groups -OCH3 is 4. The predicted molar refractivity (Wildman–Crippen MR) is 117 cm³/mol. The summed E-state index contributed by atoms with van der Waals surface area (Å²) in [6.45, 7) is 3.93. The van der Waals surface area contributed by atoms with Crippen molar-refractivity contribution in [3.8, 4) is 0 Å². The van der Waals surface area contributed by atoms with E-state index in [-0.39, 0.29) is 35.0 Å². The van der Waals surface area contributed by atoms with E-state index in [1.807, 2.05) is 13.8 Å². The SMILES string of the molecule is CCN1C(C(OC)OC)=C(C(=O)O)C(CC)(C2CCCCC2)C(C(=O)O)=C1C(OC)OC. The number of nitrogens with zero attached hydrogens (tertiary/aromatic N) is 1. The van der Waals surface area contributed by atoms with Crippen molar-refractivity contribution >= 4 is 11.9 Å². The first-order chi connectivity index (χ1) is 15.3. The average Bonchev–Trinajstić information content (AvgIpc) is 2.80. The Morgan fingerprint density at radius 3 is 1.56 bits per heavy atom. The number of ether oxygens (including phenoxy) is 4. The van der Waals surface area contributed by atoms with Crippen molar-refractivity contribution in [2.45, 2.75) is 65.0 Å². The third kappa shape index (κ3) is 4.31. The molecule has 182 valence electrons. The minimum Gasteiger partial charge on any atom is -0.478 e. The van der Waals surface area contributed by atoms with Crippen LogP contribution in [-0.2, 0) is 28.5 Å². The van der Waals surface area contributed by atoms with Gasteiger partial charge in [-0.2, -0.15) is 0 Å². The fraction of sp³-hybridized carbons (Fsp3) is 0.739. The first-order valence-electron chi connectivity index (χ1n) is 11.1. The highest BCUT2D eigenvalue weighted by atomic mass is 16.7. The van der Waals surface area contributed by atoms with Crippen LogP contribution < -0.4 is 0 Å². The van der Waals surface area contributed by atoms with Crippen LogP contribution in [0.5, 0.6) is 0 Å². The quantitative estimate of drug-likeness (QED) is 0.453. The predicted octanol–water partition coefficient (Wildman–Crippen LogP) is 3.21. The molecule has 1 saturated carbocycles. The summed E-state index contributed by atoms with van der Waals surface area (Å²) in [6, 6.07) is 0. The van der Waals surface area contributed by atoms with Crippen LogP contribution in [0.25, 0.3) is 0 Å². The van der Waals surface area contributed by atoms with Crippen LogP contribution in [0.4, 0.5) is 0 Å². The molecule has 0 amide bonds. The Morgan fingerprint density at radius 1 is 0.875 bits per heavy atom. The van der Waals surface area contributed by atoms with E-state index in [4.69, 9.17) is 18.9 Å². The Morgan fingerprint density at radius 2 is 1.28 bits per heavy atom. The van der Waals surface area contributed by atoms with Gasteiger partial charge in [-0.3, -0.25) is 0 Å². The van der Waals surface area contributed by atoms with Gasteiger partial charge in [-0.05, 0) is 32.1 Å². The molecule has 9 nitrogen and oxygen atoms in total. The molecule has 0 saturated heterocycles. The highest BCUT2D eigenvalue weighted by molar-refractivity contribution is 5.98. The summed E-state index contributed by atoms with van der Waals surface area (Å²) in [5.41, 5.74) is -0.629. The molecule has 2 aliphatic rings. The summed E-state index contributed by atoms with van der Waals surface area (Å²) in [6.07, 6.45) is 2.66. The monoisotopic (exact) mass is 455 g/mol. The fourth-order valence-corrected chi connectivity index (χ4v) is 5.70. The summed E-state index contributed by atoms with van der Waals surface area (Å²) in [5.74, 6) is -2.51. The Kier molecular flexibility index (Phi) is 9.27. The maximum atomic E-state index is 12.9. The molecule has 0 aromatic rings. The molecule has 0 spiro atoms. The zero-order valence-corrected chi connectivity index (χ0v) is 20.0. The molecular weight excluding hydrogens is 418 g/mol. The van der Waals surface area contributed by atoms with Gasteiger partial charge in [0.25, 0.3) is 0 Å². The zero-order valence-electron chi connectivity index (χ0n) is 20.0. The summed E-state index contributed by atoms with van der Waals surface area (Å²) in [4.78, 5) is 27.4. The van der Waals surface area contributed by atoms with Gasteiger partial charge in [0, 0.05) is 40.4 Å². The Hall–Kier alpha value is -1.94. The number of aliphatic carboxylic acids is 2. The zero-order chi connectivity index (χ0) is 24.1. The molecule has 32 heavy (non-hydrogen) atoms. The van der Waals surface area contributed by atoms with Crippen molar-refractivity contribution in [1.29, 1.82) is 0 Å². The average molecular weight is 456 g/mol. The lowest BCUT2D eigenvalue weighted by molar-refractivity contribution is -0.141. The van der Waals surface area contributed by atoms with Gasteiger partial charge in [0.15, 0.2) is 12.6 Å². The van der Waals surface area contributed by atoms with Crippen LogP contribution in [0.2, 0.25) is 0 Å². The van der Waals surface area contributed by atoms with Gasteiger partial charge in [0.2, 0.25) is 0 Å². The smallest absolute Gasteiger partial charge is 0.334 e. The second-order valence-corrected chi connectivity index (χ2v) is 8.14. The fourth-order valence-electron chi connectivity index (χ4n) is 5.70. The number of hydrogen-bond acceptors (Lipinski definition) is 7. The highest BCUT2D eigenvalue weighted by Crippen LogP contribution is 2.57. The van der Waals surface area contributed by atoms with E-state index in [1.54, 1.807) is 4.90 Å². The van der Waals surface area contributed by atoms with Gasteiger partial charge in [-0.15, -0.1) is 0 Å². The normalized spacial score (nSPS) is 19.9. The second kappa shape index (κ2) is 11.3. The maximum absolute atomic E-state index is 12.9. The van der Waals surface area contributed by atoms with Crippen LogP contribution in [0.15, 0.2) is 22.5 Å². The molecule has 0 bridgehead atoms. The van der Waals surface area contributed by atoms with Gasteiger partial charge < -0.3 is 34.1 Å². The van der Waals surface area contributed by atoms with Crippen LogP contribution in [0.1, 0.15) is 52.4 Å². The van der Waals surface area contributed by atoms with E-state index in [1.165, 1.54) is 28.4 Å². The van der Waals surface area contributed by atoms with E-state index in [9.17, 15) is 19.8 Å². The number of carboxylic acid groups (broad SMARTS) is 2. The second-order valence-electron chi connectivity index (χ2n) is 8.14. The van der Waals surface area contributed by atoms with Crippen LogP contribution in [0, 0.1) is 11.3 Å². The summed E-state index contributed by atoms with van der Waals surface area (Å²) in [5, 5.41) is 21.0. The summed E-state index contributed by atoms with van der Waals surface area (Å²) < 4.78 is 22.1. The lowest BCUT2D eigenvalue weighted by Crippen LogP contribution is -2.52. The first-order valence-corrected chi connectivity index (χ1v) is 11.1. The molecular formula is C23H37NO8. The standard InChI is InChI=1S/C23H37NO8/c1-7-23(14-12-10-9-11-13-14)15(19(25)26)17(21(29-3)30-4)24(8-2)18(16(23)20(27)28)22(31-5)32-6/h14,21-22H,7-13H2,1-6H3,(H,25,26)(H,27,28). The van der Waals surface area contributed by atoms with Crippen molar-refractivity contribution in [2.75, 3.05) is 35.0 Å². The molecule has 9 heteroatoms. The molecule has 0 aromatic heterocycles. The first kappa shape index (κ1) is 26.3. The minimum atomic E-state index is -1.25. The lowest BCUT2D eigenvalue weighted by atomic mass is 9.57. The molecule has 1 heterocycles. The Labute approximate surface area is 190 Å². The molecule has 0 radical (unpaired) electrons. The van der Waals surface area contributed by atoms with Crippen molar-refractivity contribution in [3.63, 3.8) is 0 Å². The molecule has 2 rings (SSSR count). The summed E-state index contributed by atoms with van der Waals surface area (Å²) in [7, 11) is 5.73. The van der Waals surface area contributed by atoms with Crippen molar-refractivity contribution in [1.82, 2.24) is 4.90 Å². The molecule has 1 aliphatic carbocycles. The highest BCUT2D eigenvalue weighted by Gasteiger charge is 2.57. The largest absolute Gasteiger partial charge is 0.478 e. The minimum absolute atomic E-state index is 0.0227. The number of likely N-dealkylation sites (N-methyl/N-ethyl adjacent to an activating group) is 1. The Bertz CT molecular complexity index is 697. The Balaban J connectivity index is 3.07. The summed E-state index contributed by atoms with van der Waals surface area (Å²) >= 11 is 0. The van der Waals surface area contributed by atoms with E-state index >= 15 is 0 Å². The number of hydrogen-bond donors (Lipinski definition) is 2. The van der Waals surface area contributed by atoms with E-state index in [2.05, 4.69) is 0 Å². The third-order valence-corrected chi connectivity index (χ3v) is 6.89. The topological polar surface area (TPSA) is 115 Å². The van der Waals surface area contributed by atoms with Crippen LogP contribution in [0.3, 0.4) is 0 Å². The van der Waals surface area contributed by atoms with Gasteiger partial charge >= 0.3 is 11.9 Å². The number of carbonyl (C=O) groups is 2. The molecule has 0 atom stereocenters. The van der Waals surface area contributed by atoms with Crippen LogP contribution in [-0.4, -0.2) is 74.6 Å². The molecule has 2 N–H and O–H groups in total. The number of rotatable bonds is 11. The van der Waals surface area contributed by atoms with Crippen molar-refractivity contribution in [3.05, 3.63) is 22.5 Å². The van der Waals surface area contributed by atoms with E-state index in [0.29, 0.717) is 6.42 Å². The molecule has 1 aliphatic heterocycles. The van der Waals surface area contributed by atoms with Gasteiger partial charge in [-0.25, -0.2) is 9.59 Å².